The molecular formula is C20H8Cl12. The fourth-order valence-corrected chi connectivity index (χ4v) is 12.9. The summed E-state index contributed by atoms with van der Waals surface area (Å²) in [6.45, 7) is 0. The molecule has 5 aliphatic rings. The molecule has 32 heavy (non-hydrogen) atoms. The van der Waals surface area contributed by atoms with E-state index in [0.717, 1.165) is 11.1 Å². The number of halogens is 12. The Morgan fingerprint density at radius 1 is 0.469 bits per heavy atom. The highest BCUT2D eigenvalue weighted by Gasteiger charge is 2.91. The summed E-state index contributed by atoms with van der Waals surface area (Å²) in [5.41, 5.74) is 1.59. The largest absolute Gasteiger partial charge is 0.167 e. The predicted molar refractivity (Wildman–Crippen MR) is 140 cm³/mol. The van der Waals surface area contributed by atoms with Crippen LogP contribution in [0, 0.1) is 11.8 Å². The summed E-state index contributed by atoms with van der Waals surface area (Å²) in [5, 5.41) is 0.274. The first-order valence-electron chi connectivity index (χ1n) is 9.33. The van der Waals surface area contributed by atoms with Gasteiger partial charge in [0.25, 0.3) is 0 Å². The lowest BCUT2D eigenvalue weighted by atomic mass is 9.57. The van der Waals surface area contributed by atoms with Crippen molar-refractivity contribution in [3.63, 3.8) is 0 Å². The minimum absolute atomic E-state index is 0.0489. The van der Waals surface area contributed by atoms with Crippen molar-refractivity contribution < 1.29 is 0 Å². The zero-order valence-electron chi connectivity index (χ0n) is 15.2. The molecule has 12 heteroatoms. The van der Waals surface area contributed by atoms with Crippen LogP contribution >= 0.6 is 139 Å². The Kier molecular flexibility index (Phi) is 5.05. The smallest absolute Gasteiger partial charge is 0.109 e. The predicted octanol–water partition coefficient (Wildman–Crippen LogP) is 9.79. The Morgan fingerprint density at radius 3 is 1.06 bits per heavy atom. The van der Waals surface area contributed by atoms with Gasteiger partial charge in [0.2, 0.25) is 0 Å². The van der Waals surface area contributed by atoms with Crippen LogP contribution in [0.5, 0.6) is 0 Å². The van der Waals surface area contributed by atoms with Crippen LogP contribution in [-0.4, -0.2) is 28.2 Å². The van der Waals surface area contributed by atoms with Gasteiger partial charge in [0.05, 0.1) is 20.1 Å². The van der Waals surface area contributed by atoms with E-state index in [1.165, 1.54) is 0 Å². The molecule has 0 saturated heterocycles. The molecule has 1 aromatic carbocycles. The number of alkyl halides is 8. The van der Waals surface area contributed by atoms with Crippen molar-refractivity contribution in [2.24, 2.45) is 11.8 Å². The number of rotatable bonds is 0. The molecule has 0 aliphatic heterocycles. The van der Waals surface area contributed by atoms with Gasteiger partial charge in [-0.3, -0.25) is 0 Å². The van der Waals surface area contributed by atoms with Crippen LogP contribution in [-0.2, 0) is 0 Å². The van der Waals surface area contributed by atoms with Gasteiger partial charge >= 0.3 is 0 Å². The second kappa shape index (κ2) is 6.59. The lowest BCUT2D eigenvalue weighted by molar-refractivity contribution is 0.201. The number of allylic oxidation sites excluding steroid dienone is 4. The summed E-state index contributed by atoms with van der Waals surface area (Å²) in [7, 11) is 0. The van der Waals surface area contributed by atoms with Crippen molar-refractivity contribution in [3.8, 4) is 0 Å². The van der Waals surface area contributed by atoms with Crippen LogP contribution in [0.2, 0.25) is 0 Å². The molecule has 172 valence electrons. The number of benzene rings is 1. The fraction of sp³-hybridized carbons (Fsp3) is 0.500. The van der Waals surface area contributed by atoms with Crippen LogP contribution in [0.3, 0.4) is 0 Å². The van der Waals surface area contributed by atoms with Gasteiger partial charge in [0, 0.05) is 23.7 Å². The average molecular weight is 674 g/mol. The first-order valence-corrected chi connectivity index (χ1v) is 13.9. The van der Waals surface area contributed by atoms with Gasteiger partial charge < -0.3 is 0 Å². The summed E-state index contributed by atoms with van der Waals surface area (Å²) >= 11 is 83.3. The summed E-state index contributed by atoms with van der Waals surface area (Å²) in [6, 6.07) is 7.51. The highest BCUT2D eigenvalue weighted by Crippen LogP contribution is 2.88. The molecule has 4 bridgehead atoms. The zero-order chi connectivity index (χ0) is 23.6. The summed E-state index contributed by atoms with van der Waals surface area (Å²) in [6.07, 6.45) is 0. The Morgan fingerprint density at radius 2 is 0.750 bits per heavy atom. The maximum absolute atomic E-state index is 7.25. The standard InChI is InChI=1S/C20H8Cl12/c21-11-13(23)17(27)9-7(15(11,25)19(17,29)30)5-3-1-2-4-6(5)8-10(9)18(28)14(24)12(22)16(8,26)20(18,31)32/h1-4,7-10H/t7?,8?,9?,10?,15-,16+,17+,18-. The van der Waals surface area contributed by atoms with Gasteiger partial charge in [-0.2, -0.15) is 0 Å². The highest BCUT2D eigenvalue weighted by atomic mass is 35.5. The molecule has 6 rings (SSSR count). The quantitative estimate of drug-likeness (QED) is 0.241. The molecule has 2 fully saturated rings. The fourth-order valence-electron chi connectivity index (χ4n) is 6.85. The van der Waals surface area contributed by atoms with Gasteiger partial charge in [-0.05, 0) is 11.1 Å². The summed E-state index contributed by atoms with van der Waals surface area (Å²) in [4.78, 5) is -6.33. The minimum Gasteiger partial charge on any atom is -0.109 e. The lowest BCUT2D eigenvalue weighted by Gasteiger charge is -2.52. The Balaban J connectivity index is 1.78. The monoisotopic (exact) mass is 668 g/mol. The first-order chi connectivity index (χ1) is 14.6. The normalized spacial score (nSPS) is 51.2. The van der Waals surface area contributed by atoms with Crippen LogP contribution < -0.4 is 0 Å². The van der Waals surface area contributed by atoms with Crippen LogP contribution in [0.15, 0.2) is 44.4 Å². The number of hydrogen-bond acceptors (Lipinski definition) is 0. The third-order valence-electron chi connectivity index (χ3n) is 8.04. The molecule has 0 radical (unpaired) electrons. The van der Waals surface area contributed by atoms with E-state index in [1.54, 1.807) is 0 Å². The maximum Gasteiger partial charge on any atom is 0.167 e. The minimum atomic E-state index is -1.80. The number of fused-ring (bicyclic) bond motifs is 14. The topological polar surface area (TPSA) is 0 Å². The molecule has 0 amide bonds. The molecule has 0 nitrogen and oxygen atoms in total. The molecule has 0 spiro atoms. The van der Waals surface area contributed by atoms with Gasteiger partial charge in [-0.15, -0.1) is 46.4 Å². The van der Waals surface area contributed by atoms with Gasteiger partial charge in [-0.1, -0.05) is 117 Å². The van der Waals surface area contributed by atoms with Gasteiger partial charge in [0.1, 0.15) is 19.5 Å². The van der Waals surface area contributed by atoms with Crippen LogP contribution in [0.4, 0.5) is 0 Å². The molecule has 2 saturated carbocycles. The molecule has 8 atom stereocenters. The van der Waals surface area contributed by atoms with Crippen molar-refractivity contribution in [2.45, 2.75) is 40.0 Å². The first kappa shape index (κ1) is 24.5. The third kappa shape index (κ3) is 2.00. The highest BCUT2D eigenvalue weighted by molar-refractivity contribution is 6.67. The third-order valence-corrected chi connectivity index (χ3v) is 16.6. The molecule has 0 aromatic heterocycles. The van der Waals surface area contributed by atoms with E-state index < -0.39 is 51.8 Å². The van der Waals surface area contributed by atoms with Crippen molar-refractivity contribution in [3.05, 3.63) is 55.5 Å². The van der Waals surface area contributed by atoms with E-state index >= 15 is 0 Å². The lowest BCUT2D eigenvalue weighted by Crippen LogP contribution is -2.53. The Hall–Kier alpha value is 2.18. The van der Waals surface area contributed by atoms with E-state index in [-0.39, 0.29) is 20.1 Å². The van der Waals surface area contributed by atoms with E-state index in [9.17, 15) is 0 Å². The van der Waals surface area contributed by atoms with Crippen molar-refractivity contribution in [2.75, 3.05) is 0 Å². The zero-order valence-corrected chi connectivity index (χ0v) is 24.2. The molecular weight excluding hydrogens is 666 g/mol. The second-order valence-electron chi connectivity index (χ2n) is 8.89. The van der Waals surface area contributed by atoms with E-state index in [4.69, 9.17) is 139 Å². The molecule has 4 unspecified atom stereocenters. The molecule has 1 aromatic rings. The molecule has 0 heterocycles. The second-order valence-corrected chi connectivity index (χ2v) is 15.4. The summed E-state index contributed by atoms with van der Waals surface area (Å²) in [5.74, 6) is -2.54. The average Bonchev–Trinajstić information content (AvgIpc) is 3.08. The van der Waals surface area contributed by atoms with Crippen molar-refractivity contribution in [1.29, 1.82) is 0 Å². The molecule has 0 N–H and O–H groups in total. The van der Waals surface area contributed by atoms with Crippen LogP contribution in [0.1, 0.15) is 23.0 Å². The molecule has 5 aliphatic carbocycles. The Labute approximate surface area is 244 Å². The van der Waals surface area contributed by atoms with Crippen LogP contribution in [0.25, 0.3) is 0 Å². The van der Waals surface area contributed by atoms with Crippen molar-refractivity contribution >= 4 is 139 Å². The Bertz CT molecular complexity index is 1100. The van der Waals surface area contributed by atoms with E-state index in [2.05, 4.69) is 0 Å². The van der Waals surface area contributed by atoms with Gasteiger partial charge in [-0.25, -0.2) is 0 Å². The SMILES string of the molecule is ClC1=C(Cl)[C@]2(Cl)C3c4ccccc4C4C(C3[C@@]1(Cl)C2(Cl)Cl)[C@@]1(Cl)C(Cl)=C(Cl)[C@]4(Cl)C1(Cl)Cl. The maximum atomic E-state index is 7.25. The van der Waals surface area contributed by atoms with E-state index in [0.29, 0.717) is 0 Å². The van der Waals surface area contributed by atoms with E-state index in [1.807, 2.05) is 24.3 Å². The van der Waals surface area contributed by atoms with Gasteiger partial charge in [0.15, 0.2) is 8.67 Å². The van der Waals surface area contributed by atoms with Crippen molar-refractivity contribution in [1.82, 2.24) is 0 Å². The number of hydrogen-bond donors (Lipinski definition) is 0. The summed E-state index contributed by atoms with van der Waals surface area (Å²) < 4.78 is -3.60.